The van der Waals surface area contributed by atoms with E-state index in [1.807, 2.05) is 24.3 Å². The van der Waals surface area contributed by atoms with Crippen molar-refractivity contribution in [2.75, 3.05) is 0 Å². The number of hydrogen-bond donors (Lipinski definition) is 2. The Kier molecular flexibility index (Phi) is 5.64. The molecule has 0 bridgehead atoms. The van der Waals surface area contributed by atoms with Gasteiger partial charge in [-0.3, -0.25) is 9.59 Å². The third kappa shape index (κ3) is 4.72. The van der Waals surface area contributed by atoms with Crippen molar-refractivity contribution in [3.8, 4) is 0 Å². The van der Waals surface area contributed by atoms with Gasteiger partial charge in [0.15, 0.2) is 0 Å². The van der Waals surface area contributed by atoms with Gasteiger partial charge in [-0.1, -0.05) is 12.1 Å². The first-order chi connectivity index (χ1) is 10.9. The SMILES string of the molecule is NC(=O)[C@H](Cc1ccc(I)cc1)NC(=O)c1ccc(F)cc1F. The second-order valence-corrected chi connectivity index (χ2v) is 6.13. The van der Waals surface area contributed by atoms with Crippen molar-refractivity contribution in [3.63, 3.8) is 0 Å². The summed E-state index contributed by atoms with van der Waals surface area (Å²) in [6.07, 6.45) is 0.181. The van der Waals surface area contributed by atoms with Crippen molar-refractivity contribution in [1.29, 1.82) is 0 Å². The first kappa shape index (κ1) is 17.3. The van der Waals surface area contributed by atoms with Crippen LogP contribution in [0.25, 0.3) is 0 Å². The van der Waals surface area contributed by atoms with Crippen molar-refractivity contribution < 1.29 is 18.4 Å². The fourth-order valence-electron chi connectivity index (χ4n) is 1.99. The van der Waals surface area contributed by atoms with Gasteiger partial charge in [-0.2, -0.15) is 0 Å². The Morgan fingerprint density at radius 3 is 2.35 bits per heavy atom. The minimum atomic E-state index is -1.00. The van der Waals surface area contributed by atoms with Crippen LogP contribution >= 0.6 is 22.6 Å². The molecule has 3 N–H and O–H groups in total. The predicted molar refractivity (Wildman–Crippen MR) is 89.7 cm³/mol. The minimum absolute atomic E-state index is 0.181. The molecule has 0 fully saturated rings. The molecule has 0 unspecified atom stereocenters. The highest BCUT2D eigenvalue weighted by molar-refractivity contribution is 14.1. The summed E-state index contributed by atoms with van der Waals surface area (Å²) in [5, 5.41) is 2.38. The molecule has 0 aromatic heterocycles. The van der Waals surface area contributed by atoms with E-state index in [-0.39, 0.29) is 12.0 Å². The Morgan fingerprint density at radius 2 is 1.78 bits per heavy atom. The average Bonchev–Trinajstić information content (AvgIpc) is 2.48. The van der Waals surface area contributed by atoms with Gasteiger partial charge in [0.1, 0.15) is 17.7 Å². The molecule has 2 amide bonds. The van der Waals surface area contributed by atoms with Crippen LogP contribution in [-0.4, -0.2) is 17.9 Å². The highest BCUT2D eigenvalue weighted by atomic mass is 127. The van der Waals surface area contributed by atoms with E-state index in [0.29, 0.717) is 6.07 Å². The van der Waals surface area contributed by atoms with Crippen molar-refractivity contribution in [1.82, 2.24) is 5.32 Å². The van der Waals surface area contributed by atoms with E-state index >= 15 is 0 Å². The fraction of sp³-hybridized carbons (Fsp3) is 0.125. The zero-order valence-electron chi connectivity index (χ0n) is 11.9. The van der Waals surface area contributed by atoms with Gasteiger partial charge in [0.05, 0.1) is 5.56 Å². The number of carbonyl (C=O) groups excluding carboxylic acids is 2. The molecule has 1 atom stereocenters. The lowest BCUT2D eigenvalue weighted by Gasteiger charge is -2.16. The molecule has 7 heteroatoms. The van der Waals surface area contributed by atoms with Gasteiger partial charge in [-0.05, 0) is 52.4 Å². The maximum atomic E-state index is 13.6. The van der Waals surface area contributed by atoms with Crippen molar-refractivity contribution >= 4 is 34.4 Å². The lowest BCUT2D eigenvalue weighted by molar-refractivity contribution is -0.119. The molecule has 0 heterocycles. The molecule has 120 valence electrons. The van der Waals surface area contributed by atoms with Crippen molar-refractivity contribution in [2.24, 2.45) is 5.73 Å². The summed E-state index contributed by atoms with van der Waals surface area (Å²) < 4.78 is 27.5. The number of primary amides is 1. The topological polar surface area (TPSA) is 72.2 Å². The van der Waals surface area contributed by atoms with Gasteiger partial charge >= 0.3 is 0 Å². The Balaban J connectivity index is 2.14. The molecule has 2 rings (SSSR count). The van der Waals surface area contributed by atoms with Crippen LogP contribution < -0.4 is 11.1 Å². The van der Waals surface area contributed by atoms with E-state index in [1.54, 1.807) is 0 Å². The van der Waals surface area contributed by atoms with Gasteiger partial charge in [0.2, 0.25) is 5.91 Å². The van der Waals surface area contributed by atoms with Gasteiger partial charge in [-0.25, -0.2) is 8.78 Å². The molecule has 2 aromatic rings. The van der Waals surface area contributed by atoms with Crippen molar-refractivity contribution in [3.05, 3.63) is 68.8 Å². The smallest absolute Gasteiger partial charge is 0.254 e. The summed E-state index contributed by atoms with van der Waals surface area (Å²) in [7, 11) is 0. The summed E-state index contributed by atoms with van der Waals surface area (Å²) in [4.78, 5) is 23.6. The van der Waals surface area contributed by atoms with Crippen LogP contribution in [0.5, 0.6) is 0 Å². The molecule has 0 aliphatic carbocycles. The summed E-state index contributed by atoms with van der Waals surface area (Å²) >= 11 is 2.14. The first-order valence-electron chi connectivity index (χ1n) is 6.66. The zero-order valence-corrected chi connectivity index (χ0v) is 14.0. The highest BCUT2D eigenvalue weighted by Crippen LogP contribution is 2.12. The molecule has 23 heavy (non-hydrogen) atoms. The Labute approximate surface area is 145 Å². The highest BCUT2D eigenvalue weighted by Gasteiger charge is 2.21. The lowest BCUT2D eigenvalue weighted by Crippen LogP contribution is -2.46. The molecule has 0 saturated heterocycles. The maximum absolute atomic E-state index is 13.6. The zero-order chi connectivity index (χ0) is 17.0. The Morgan fingerprint density at radius 1 is 1.13 bits per heavy atom. The lowest BCUT2D eigenvalue weighted by atomic mass is 10.0. The molecule has 0 aliphatic heterocycles. The van der Waals surface area contributed by atoms with Crippen LogP contribution in [0.3, 0.4) is 0 Å². The molecule has 0 spiro atoms. The van der Waals surface area contributed by atoms with Gasteiger partial charge in [0.25, 0.3) is 5.91 Å². The minimum Gasteiger partial charge on any atom is -0.368 e. The number of halogens is 3. The molecular formula is C16H13F2IN2O2. The van der Waals surface area contributed by atoms with Crippen molar-refractivity contribution in [2.45, 2.75) is 12.5 Å². The quantitative estimate of drug-likeness (QED) is 0.716. The summed E-state index contributed by atoms with van der Waals surface area (Å²) in [5.41, 5.74) is 5.75. The van der Waals surface area contributed by atoms with Crippen LogP contribution in [0.2, 0.25) is 0 Å². The maximum Gasteiger partial charge on any atom is 0.254 e. The van der Waals surface area contributed by atoms with Crippen LogP contribution in [-0.2, 0) is 11.2 Å². The predicted octanol–water partition coefficient (Wildman–Crippen LogP) is 2.40. The Hall–Kier alpha value is -2.03. The van der Waals surface area contributed by atoms with Gasteiger partial charge < -0.3 is 11.1 Å². The third-order valence-electron chi connectivity index (χ3n) is 3.18. The van der Waals surface area contributed by atoms with Crippen LogP contribution in [0.4, 0.5) is 8.78 Å². The molecule has 2 aromatic carbocycles. The monoisotopic (exact) mass is 430 g/mol. The number of nitrogens with two attached hydrogens (primary N) is 1. The number of benzene rings is 2. The van der Waals surface area contributed by atoms with Crippen LogP contribution in [0.1, 0.15) is 15.9 Å². The number of carbonyl (C=O) groups is 2. The van der Waals surface area contributed by atoms with E-state index in [4.69, 9.17) is 5.73 Å². The Bertz CT molecular complexity index is 735. The average molecular weight is 430 g/mol. The van der Waals surface area contributed by atoms with Gasteiger partial charge in [-0.15, -0.1) is 0 Å². The molecule has 4 nitrogen and oxygen atoms in total. The molecule has 0 radical (unpaired) electrons. The standard InChI is InChI=1S/C16H13F2IN2O2/c17-10-3-6-12(13(18)8-10)16(23)21-14(15(20)22)7-9-1-4-11(19)5-2-9/h1-6,8,14H,7H2,(H2,20,22)(H,21,23)/t14-/m0/s1. The normalized spacial score (nSPS) is 11.8. The number of hydrogen-bond acceptors (Lipinski definition) is 2. The van der Waals surface area contributed by atoms with Crippen LogP contribution in [0.15, 0.2) is 42.5 Å². The van der Waals surface area contributed by atoms with E-state index in [2.05, 4.69) is 27.9 Å². The number of rotatable bonds is 5. The van der Waals surface area contributed by atoms with E-state index < -0.39 is 29.5 Å². The molecular weight excluding hydrogens is 417 g/mol. The molecule has 0 aliphatic rings. The largest absolute Gasteiger partial charge is 0.368 e. The second-order valence-electron chi connectivity index (χ2n) is 4.88. The first-order valence-corrected chi connectivity index (χ1v) is 7.74. The number of nitrogens with one attached hydrogen (secondary N) is 1. The third-order valence-corrected chi connectivity index (χ3v) is 3.90. The summed E-state index contributed by atoms with van der Waals surface area (Å²) in [6, 6.07) is 8.93. The van der Waals surface area contributed by atoms with E-state index in [9.17, 15) is 18.4 Å². The van der Waals surface area contributed by atoms with Gasteiger partial charge in [0, 0.05) is 16.1 Å². The van der Waals surface area contributed by atoms with Crippen LogP contribution in [0, 0.1) is 15.2 Å². The fourth-order valence-corrected chi connectivity index (χ4v) is 2.35. The summed E-state index contributed by atoms with van der Waals surface area (Å²) in [5.74, 6) is -3.35. The summed E-state index contributed by atoms with van der Waals surface area (Å²) in [6.45, 7) is 0. The van der Waals surface area contributed by atoms with E-state index in [0.717, 1.165) is 21.3 Å². The number of amides is 2. The molecule has 0 saturated carbocycles. The second kappa shape index (κ2) is 7.49. The van der Waals surface area contributed by atoms with E-state index in [1.165, 1.54) is 0 Å².